The highest BCUT2D eigenvalue weighted by atomic mass is 79.9. The zero-order valence-electron chi connectivity index (χ0n) is 18.1. The summed E-state index contributed by atoms with van der Waals surface area (Å²) in [6.07, 6.45) is 2.37. The molecule has 2 aromatic heterocycles. The lowest BCUT2D eigenvalue weighted by molar-refractivity contribution is -0.119. The van der Waals surface area contributed by atoms with E-state index in [-0.39, 0.29) is 32.8 Å². The third-order valence-electron chi connectivity index (χ3n) is 4.34. The van der Waals surface area contributed by atoms with E-state index in [2.05, 4.69) is 36.8 Å². The van der Waals surface area contributed by atoms with E-state index in [9.17, 15) is 22.8 Å². The van der Waals surface area contributed by atoms with Gasteiger partial charge in [0.15, 0.2) is 15.7 Å². The molecule has 0 bridgehead atoms. The minimum Gasteiger partial charge on any atom is -0.320 e. The van der Waals surface area contributed by atoms with Crippen LogP contribution in [-0.2, 0) is 14.6 Å². The summed E-state index contributed by atoms with van der Waals surface area (Å²) in [7, 11) is -3.60. The summed E-state index contributed by atoms with van der Waals surface area (Å²) in [6, 6.07) is 7.46. The fourth-order valence-electron chi connectivity index (χ4n) is 2.94. The molecular weight excluding hydrogens is 587 g/mol. The standard InChI is InChI=1S/C20H17BrCl2N6O5S/c1-10-6-11(22)7-12(19(31)27-26-16(30)9-35(2,33)34)17(10)25-20(32)14-8-15(21)28-29(14)18-13(23)4-3-5-24-18/h3-8H,9H2,1-2H3,(H,25,32)(H,26,30)(H,27,31). The molecule has 0 fully saturated rings. The lowest BCUT2D eigenvalue weighted by Crippen LogP contribution is -2.44. The summed E-state index contributed by atoms with van der Waals surface area (Å²) in [4.78, 5) is 41.9. The Balaban J connectivity index is 1.91. The zero-order chi connectivity index (χ0) is 25.9. The van der Waals surface area contributed by atoms with Gasteiger partial charge in [0, 0.05) is 23.5 Å². The smallest absolute Gasteiger partial charge is 0.274 e. The highest BCUT2D eigenvalue weighted by Gasteiger charge is 2.23. The molecule has 0 aliphatic heterocycles. The molecule has 0 unspecified atom stereocenters. The van der Waals surface area contributed by atoms with Gasteiger partial charge in [0.1, 0.15) is 16.0 Å². The first-order valence-electron chi connectivity index (χ1n) is 9.60. The van der Waals surface area contributed by atoms with Crippen LogP contribution in [0.4, 0.5) is 5.69 Å². The van der Waals surface area contributed by atoms with Crippen LogP contribution in [0.2, 0.25) is 10.0 Å². The van der Waals surface area contributed by atoms with E-state index >= 15 is 0 Å². The van der Waals surface area contributed by atoms with Gasteiger partial charge in [-0.1, -0.05) is 23.2 Å². The number of aryl methyl sites for hydroxylation is 1. The molecule has 0 saturated heterocycles. The lowest BCUT2D eigenvalue weighted by Gasteiger charge is -2.15. The average molecular weight is 604 g/mol. The Hall–Kier alpha value is -3.00. The quantitative estimate of drug-likeness (QED) is 0.366. The highest BCUT2D eigenvalue weighted by Crippen LogP contribution is 2.27. The van der Waals surface area contributed by atoms with Gasteiger partial charge in [-0.15, -0.1) is 0 Å². The van der Waals surface area contributed by atoms with E-state index < -0.39 is 33.3 Å². The fraction of sp³-hybridized carbons (Fsp3) is 0.150. The Morgan fingerprint density at radius 3 is 2.49 bits per heavy atom. The van der Waals surface area contributed by atoms with E-state index in [0.29, 0.717) is 10.2 Å². The van der Waals surface area contributed by atoms with Gasteiger partial charge in [-0.05, 0) is 52.7 Å². The predicted octanol–water partition coefficient (Wildman–Crippen LogP) is 2.70. The number of halogens is 3. The monoisotopic (exact) mass is 602 g/mol. The third-order valence-corrected chi connectivity index (χ3v) is 6.03. The summed E-state index contributed by atoms with van der Waals surface area (Å²) in [5.41, 5.74) is 4.65. The molecule has 1 aromatic carbocycles. The van der Waals surface area contributed by atoms with Gasteiger partial charge in [0.25, 0.3) is 17.7 Å². The molecule has 35 heavy (non-hydrogen) atoms. The number of carbonyl (C=O) groups excluding carboxylic acids is 3. The first-order chi connectivity index (χ1) is 16.4. The molecule has 3 N–H and O–H groups in total. The number of aromatic nitrogens is 3. The van der Waals surface area contributed by atoms with Crippen LogP contribution in [0.3, 0.4) is 0 Å². The molecule has 3 rings (SSSR count). The molecule has 2 heterocycles. The van der Waals surface area contributed by atoms with Gasteiger partial charge in [0.2, 0.25) is 0 Å². The van der Waals surface area contributed by atoms with Crippen molar-refractivity contribution in [1.29, 1.82) is 0 Å². The van der Waals surface area contributed by atoms with Crippen LogP contribution in [0.15, 0.2) is 41.1 Å². The maximum absolute atomic E-state index is 13.2. The molecule has 15 heteroatoms. The number of pyridine rings is 1. The molecule has 184 valence electrons. The second-order valence-electron chi connectivity index (χ2n) is 7.24. The molecule has 0 saturated carbocycles. The highest BCUT2D eigenvalue weighted by molar-refractivity contribution is 9.10. The van der Waals surface area contributed by atoms with E-state index in [0.717, 1.165) is 6.26 Å². The maximum atomic E-state index is 13.2. The predicted molar refractivity (Wildman–Crippen MR) is 134 cm³/mol. The summed E-state index contributed by atoms with van der Waals surface area (Å²) in [5, 5.41) is 7.31. The van der Waals surface area contributed by atoms with Gasteiger partial charge >= 0.3 is 0 Å². The molecule has 0 aliphatic rings. The number of hydrogen-bond acceptors (Lipinski definition) is 7. The van der Waals surface area contributed by atoms with Gasteiger partial charge in [-0.2, -0.15) is 5.10 Å². The van der Waals surface area contributed by atoms with Crippen molar-refractivity contribution in [3.8, 4) is 5.82 Å². The minimum atomic E-state index is -3.60. The summed E-state index contributed by atoms with van der Waals surface area (Å²) < 4.78 is 24.1. The normalized spacial score (nSPS) is 11.1. The van der Waals surface area contributed by atoms with Gasteiger partial charge in [-0.25, -0.2) is 18.1 Å². The van der Waals surface area contributed by atoms with Crippen molar-refractivity contribution < 1.29 is 22.8 Å². The average Bonchev–Trinajstić information content (AvgIpc) is 3.14. The van der Waals surface area contributed by atoms with Crippen molar-refractivity contribution in [2.24, 2.45) is 0 Å². The number of rotatable bonds is 6. The largest absolute Gasteiger partial charge is 0.320 e. The first kappa shape index (κ1) is 26.6. The van der Waals surface area contributed by atoms with E-state index in [1.165, 1.54) is 29.1 Å². The molecule has 3 aromatic rings. The van der Waals surface area contributed by atoms with Gasteiger partial charge in [0.05, 0.1) is 16.3 Å². The second-order valence-corrected chi connectivity index (χ2v) is 11.0. The Bertz CT molecular complexity index is 1440. The van der Waals surface area contributed by atoms with Crippen molar-refractivity contribution >= 4 is 72.4 Å². The molecule has 11 nitrogen and oxygen atoms in total. The topological polar surface area (TPSA) is 152 Å². The summed E-state index contributed by atoms with van der Waals surface area (Å²) in [5.74, 6) is -3.03. The fourth-order valence-corrected chi connectivity index (χ4v) is 4.34. The van der Waals surface area contributed by atoms with Crippen molar-refractivity contribution in [1.82, 2.24) is 25.6 Å². The molecule has 0 atom stereocenters. The lowest BCUT2D eigenvalue weighted by atomic mass is 10.1. The number of carbonyl (C=O) groups is 3. The Labute approximate surface area is 218 Å². The molecule has 3 amide bonds. The van der Waals surface area contributed by atoms with Crippen LogP contribution >= 0.6 is 39.1 Å². The molecule has 0 radical (unpaired) electrons. The first-order valence-corrected chi connectivity index (χ1v) is 13.2. The van der Waals surface area contributed by atoms with Crippen molar-refractivity contribution in [2.75, 3.05) is 17.3 Å². The Morgan fingerprint density at radius 2 is 1.83 bits per heavy atom. The zero-order valence-corrected chi connectivity index (χ0v) is 22.0. The summed E-state index contributed by atoms with van der Waals surface area (Å²) >= 11 is 15.5. The van der Waals surface area contributed by atoms with Crippen molar-refractivity contribution in [3.05, 3.63) is 68.0 Å². The number of amides is 3. The third kappa shape index (κ3) is 6.78. The molecule has 0 aliphatic carbocycles. The van der Waals surface area contributed by atoms with Crippen molar-refractivity contribution in [2.45, 2.75) is 6.92 Å². The van der Waals surface area contributed by atoms with Gasteiger partial charge < -0.3 is 5.32 Å². The number of nitrogens with zero attached hydrogens (tertiary/aromatic N) is 3. The molecule has 0 spiro atoms. The second kappa shape index (κ2) is 10.7. The summed E-state index contributed by atoms with van der Waals surface area (Å²) in [6.45, 7) is 1.61. The van der Waals surface area contributed by atoms with Crippen LogP contribution in [0.5, 0.6) is 0 Å². The number of sulfone groups is 1. The van der Waals surface area contributed by atoms with Crippen LogP contribution in [0.25, 0.3) is 5.82 Å². The van der Waals surface area contributed by atoms with Gasteiger partial charge in [-0.3, -0.25) is 25.2 Å². The minimum absolute atomic E-state index is 0.0552. The number of nitrogens with one attached hydrogen (secondary N) is 3. The van der Waals surface area contributed by atoms with Crippen molar-refractivity contribution in [3.63, 3.8) is 0 Å². The number of anilines is 1. The molecular formula is C20H17BrCl2N6O5S. The number of hydrazine groups is 1. The van der Waals surface area contributed by atoms with E-state index in [4.69, 9.17) is 23.2 Å². The van der Waals surface area contributed by atoms with Crippen LogP contribution < -0.4 is 16.2 Å². The van der Waals surface area contributed by atoms with E-state index in [1.807, 2.05) is 5.43 Å². The van der Waals surface area contributed by atoms with Crippen LogP contribution in [0.1, 0.15) is 26.4 Å². The number of benzene rings is 1. The Morgan fingerprint density at radius 1 is 1.11 bits per heavy atom. The maximum Gasteiger partial charge on any atom is 0.274 e. The van der Waals surface area contributed by atoms with E-state index in [1.54, 1.807) is 19.1 Å². The Kier molecular flexibility index (Phi) is 8.15. The SMILES string of the molecule is Cc1cc(Cl)cc(C(=O)NNC(=O)CS(C)(=O)=O)c1NC(=O)c1cc(Br)nn1-c1ncccc1Cl. The van der Waals surface area contributed by atoms with Crippen LogP contribution in [-0.4, -0.2) is 52.9 Å². The number of hydrogen-bond donors (Lipinski definition) is 3. The van der Waals surface area contributed by atoms with Crippen LogP contribution in [0, 0.1) is 6.92 Å².